The summed E-state index contributed by atoms with van der Waals surface area (Å²) in [4.78, 5) is 0. The Morgan fingerprint density at radius 3 is 1.16 bits per heavy atom. The van der Waals surface area contributed by atoms with Crippen molar-refractivity contribution in [3.05, 3.63) is 35.4 Å². The normalized spacial score (nSPS) is 21.0. The fraction of sp³-hybridized carbons (Fsp3) is 0.538. The molecule has 37 heavy (non-hydrogen) atoms. The van der Waals surface area contributed by atoms with Gasteiger partial charge in [-0.25, -0.2) is 0 Å². The van der Waals surface area contributed by atoms with Crippen LogP contribution in [-0.2, 0) is 14.2 Å². The molecule has 0 radical (unpaired) electrons. The Bertz CT molecular complexity index is 883. The molecule has 0 aromatic heterocycles. The molecule has 2 N–H and O–H groups in total. The minimum Gasteiger partial charge on any atom is -0.493 e. The SMILES string of the molecule is COCOc1c(OC)cc(C2OC(c3cc(OC)c(OCOC)c(OC)c3)C(CO)C2CO)cc1OC. The number of aliphatic hydroxyl groups is 2. The van der Waals surface area contributed by atoms with Gasteiger partial charge in [0.05, 0.1) is 40.6 Å². The zero-order valence-corrected chi connectivity index (χ0v) is 22.0. The van der Waals surface area contributed by atoms with Gasteiger partial charge in [-0.15, -0.1) is 0 Å². The molecule has 1 aliphatic heterocycles. The van der Waals surface area contributed by atoms with Crippen LogP contribution in [0.25, 0.3) is 0 Å². The molecule has 2 aromatic carbocycles. The van der Waals surface area contributed by atoms with Crippen LogP contribution >= 0.6 is 0 Å². The number of ether oxygens (including phenoxy) is 9. The van der Waals surface area contributed by atoms with E-state index in [1.807, 2.05) is 0 Å². The lowest BCUT2D eigenvalue weighted by Crippen LogP contribution is -2.23. The maximum atomic E-state index is 10.4. The number of hydrogen-bond acceptors (Lipinski definition) is 11. The van der Waals surface area contributed by atoms with E-state index in [1.54, 1.807) is 24.3 Å². The number of aliphatic hydroxyl groups excluding tert-OH is 2. The molecule has 0 bridgehead atoms. The van der Waals surface area contributed by atoms with Gasteiger partial charge in [-0.2, -0.15) is 0 Å². The second-order valence-corrected chi connectivity index (χ2v) is 8.28. The van der Waals surface area contributed by atoms with Crippen LogP contribution < -0.4 is 28.4 Å². The highest BCUT2D eigenvalue weighted by molar-refractivity contribution is 5.56. The van der Waals surface area contributed by atoms with Crippen molar-refractivity contribution in [3.63, 3.8) is 0 Å². The first-order valence-electron chi connectivity index (χ1n) is 11.6. The molecular formula is C26H36O11. The third kappa shape index (κ3) is 5.97. The van der Waals surface area contributed by atoms with Crippen LogP contribution in [0.15, 0.2) is 24.3 Å². The monoisotopic (exact) mass is 524 g/mol. The number of rotatable bonds is 14. The zero-order chi connectivity index (χ0) is 26.9. The lowest BCUT2D eigenvalue weighted by atomic mass is 9.83. The highest BCUT2D eigenvalue weighted by Gasteiger charge is 2.46. The quantitative estimate of drug-likeness (QED) is 0.355. The van der Waals surface area contributed by atoms with Gasteiger partial charge >= 0.3 is 0 Å². The summed E-state index contributed by atoms with van der Waals surface area (Å²) < 4.78 is 50.0. The minimum atomic E-state index is -0.590. The number of hydrogen-bond donors (Lipinski definition) is 2. The zero-order valence-electron chi connectivity index (χ0n) is 22.0. The highest BCUT2D eigenvalue weighted by atomic mass is 16.7. The van der Waals surface area contributed by atoms with Crippen LogP contribution in [0.5, 0.6) is 34.5 Å². The smallest absolute Gasteiger partial charge is 0.206 e. The second kappa shape index (κ2) is 13.5. The molecule has 0 saturated carbocycles. The number of methoxy groups -OCH3 is 6. The summed E-state index contributed by atoms with van der Waals surface area (Å²) in [7, 11) is 9.09. The predicted molar refractivity (Wildman–Crippen MR) is 132 cm³/mol. The molecule has 0 aliphatic carbocycles. The largest absolute Gasteiger partial charge is 0.493 e. The van der Waals surface area contributed by atoms with Crippen LogP contribution in [0.4, 0.5) is 0 Å². The molecule has 1 heterocycles. The fourth-order valence-electron chi connectivity index (χ4n) is 4.57. The molecule has 11 heteroatoms. The average molecular weight is 525 g/mol. The van der Waals surface area contributed by atoms with E-state index in [0.29, 0.717) is 45.6 Å². The Hall–Kier alpha value is -2.96. The van der Waals surface area contributed by atoms with E-state index < -0.39 is 24.0 Å². The van der Waals surface area contributed by atoms with Crippen molar-refractivity contribution in [2.45, 2.75) is 12.2 Å². The standard InChI is InChI=1S/C26H36O11/c1-29-13-35-25-19(31-3)7-15(8-20(25)32-4)23-17(11-27)18(12-28)24(37-23)16-9-21(33-5)26(36-14-30-2)22(10-16)34-6/h7-10,17-18,23-24,27-28H,11-14H2,1-6H3. The Balaban J connectivity index is 2.05. The molecule has 206 valence electrons. The molecular weight excluding hydrogens is 488 g/mol. The molecule has 2 aromatic rings. The van der Waals surface area contributed by atoms with Crippen LogP contribution in [0.1, 0.15) is 23.3 Å². The Morgan fingerprint density at radius 1 is 0.595 bits per heavy atom. The van der Waals surface area contributed by atoms with E-state index in [0.717, 1.165) is 0 Å². The molecule has 4 atom stereocenters. The summed E-state index contributed by atoms with van der Waals surface area (Å²) in [5, 5.41) is 20.7. The summed E-state index contributed by atoms with van der Waals surface area (Å²) in [5.74, 6) is 1.55. The molecule has 11 nitrogen and oxygen atoms in total. The molecule has 3 rings (SSSR count). The molecule has 4 unspecified atom stereocenters. The second-order valence-electron chi connectivity index (χ2n) is 8.28. The first-order valence-corrected chi connectivity index (χ1v) is 11.6. The third-order valence-corrected chi connectivity index (χ3v) is 6.31. The van der Waals surface area contributed by atoms with Gasteiger partial charge in [-0.3, -0.25) is 0 Å². The lowest BCUT2D eigenvalue weighted by molar-refractivity contribution is 0.0176. The van der Waals surface area contributed by atoms with E-state index >= 15 is 0 Å². The maximum Gasteiger partial charge on any atom is 0.206 e. The van der Waals surface area contributed by atoms with Crippen molar-refractivity contribution in [2.24, 2.45) is 11.8 Å². The first-order chi connectivity index (χ1) is 18.0. The topological polar surface area (TPSA) is 124 Å². The molecule has 0 spiro atoms. The Morgan fingerprint density at radius 2 is 0.919 bits per heavy atom. The van der Waals surface area contributed by atoms with E-state index in [9.17, 15) is 10.2 Å². The van der Waals surface area contributed by atoms with Crippen LogP contribution in [0.3, 0.4) is 0 Å². The van der Waals surface area contributed by atoms with Crippen molar-refractivity contribution in [1.29, 1.82) is 0 Å². The van der Waals surface area contributed by atoms with Crippen LogP contribution in [0.2, 0.25) is 0 Å². The lowest BCUT2D eigenvalue weighted by Gasteiger charge is -2.22. The summed E-state index contributed by atoms with van der Waals surface area (Å²) >= 11 is 0. The van der Waals surface area contributed by atoms with Crippen molar-refractivity contribution in [2.75, 3.05) is 69.5 Å². The van der Waals surface area contributed by atoms with Crippen LogP contribution in [0, 0.1) is 11.8 Å². The first kappa shape index (κ1) is 28.6. The molecule has 1 fully saturated rings. The average Bonchev–Trinajstić information content (AvgIpc) is 3.32. The van der Waals surface area contributed by atoms with Crippen molar-refractivity contribution < 1.29 is 52.8 Å². The summed E-state index contributed by atoms with van der Waals surface area (Å²) in [5.41, 5.74) is 1.38. The molecule has 1 aliphatic rings. The van der Waals surface area contributed by atoms with Gasteiger partial charge < -0.3 is 52.8 Å². The van der Waals surface area contributed by atoms with Gasteiger partial charge in [0.15, 0.2) is 36.6 Å². The van der Waals surface area contributed by atoms with Gasteiger partial charge in [0.1, 0.15) is 0 Å². The molecule has 0 amide bonds. The van der Waals surface area contributed by atoms with Crippen molar-refractivity contribution in [3.8, 4) is 34.5 Å². The summed E-state index contributed by atoms with van der Waals surface area (Å²) in [6.45, 7) is -0.425. The summed E-state index contributed by atoms with van der Waals surface area (Å²) in [6.07, 6.45) is -1.18. The van der Waals surface area contributed by atoms with Gasteiger partial charge in [0.2, 0.25) is 11.5 Å². The van der Waals surface area contributed by atoms with Gasteiger partial charge in [-0.1, -0.05) is 0 Å². The highest BCUT2D eigenvalue weighted by Crippen LogP contribution is 2.53. The van der Waals surface area contributed by atoms with Crippen molar-refractivity contribution >= 4 is 0 Å². The predicted octanol–water partition coefficient (Wildman–Crippen LogP) is 2.72. The van der Waals surface area contributed by atoms with E-state index in [2.05, 4.69) is 0 Å². The van der Waals surface area contributed by atoms with Gasteiger partial charge in [0, 0.05) is 39.3 Å². The maximum absolute atomic E-state index is 10.4. The Kier molecular flexibility index (Phi) is 10.5. The van der Waals surface area contributed by atoms with E-state index in [1.165, 1.54) is 42.7 Å². The summed E-state index contributed by atoms with van der Waals surface area (Å²) in [6, 6.07) is 7.06. The fourth-order valence-corrected chi connectivity index (χ4v) is 4.57. The minimum absolute atomic E-state index is 0.00762. The Labute approximate surface area is 216 Å². The third-order valence-electron chi connectivity index (χ3n) is 6.31. The van der Waals surface area contributed by atoms with Gasteiger partial charge in [0.25, 0.3) is 0 Å². The van der Waals surface area contributed by atoms with E-state index in [-0.39, 0.29) is 26.8 Å². The van der Waals surface area contributed by atoms with Gasteiger partial charge in [-0.05, 0) is 35.4 Å². The van der Waals surface area contributed by atoms with Crippen LogP contribution in [-0.4, -0.2) is 79.7 Å². The molecule has 1 saturated heterocycles. The van der Waals surface area contributed by atoms with Crippen molar-refractivity contribution in [1.82, 2.24) is 0 Å². The van der Waals surface area contributed by atoms with E-state index in [4.69, 9.17) is 42.6 Å². The number of benzene rings is 2.